The zero-order valence-corrected chi connectivity index (χ0v) is 10.4. The van der Waals surface area contributed by atoms with E-state index in [0.29, 0.717) is 0 Å². The van der Waals surface area contributed by atoms with Gasteiger partial charge >= 0.3 is 6.18 Å². The third-order valence-corrected chi connectivity index (χ3v) is 2.43. The molecule has 0 bridgehead atoms. The Morgan fingerprint density at radius 3 is 2.59 bits per heavy atom. The molecule has 0 fully saturated rings. The second kappa shape index (κ2) is 5.58. The van der Waals surface area contributed by atoms with Crippen molar-refractivity contribution in [1.82, 2.24) is 4.98 Å². The Kier molecular flexibility index (Phi) is 4.62. The first-order chi connectivity index (χ1) is 7.82. The van der Waals surface area contributed by atoms with Gasteiger partial charge in [0, 0.05) is 6.04 Å². The predicted molar refractivity (Wildman–Crippen MR) is 62.2 cm³/mol. The van der Waals surface area contributed by atoms with Crippen molar-refractivity contribution in [1.29, 1.82) is 0 Å². The zero-order valence-electron chi connectivity index (χ0n) is 9.61. The molecule has 1 atom stereocenters. The molecular weight excluding hydrogens is 253 g/mol. The van der Waals surface area contributed by atoms with Gasteiger partial charge in [0.2, 0.25) is 0 Å². The molecule has 0 aliphatic heterocycles. The van der Waals surface area contributed by atoms with Crippen LogP contribution >= 0.6 is 11.6 Å². The summed E-state index contributed by atoms with van der Waals surface area (Å²) < 4.78 is 37.6. The molecule has 2 nitrogen and oxygen atoms in total. The molecule has 0 radical (unpaired) electrons. The van der Waals surface area contributed by atoms with Gasteiger partial charge in [0.25, 0.3) is 0 Å². The predicted octanol–water partition coefficient (Wildman–Crippen LogP) is 4.35. The van der Waals surface area contributed by atoms with Crippen LogP contribution in [-0.2, 0) is 6.18 Å². The van der Waals surface area contributed by atoms with E-state index in [1.807, 2.05) is 13.8 Å². The van der Waals surface area contributed by atoms with Crippen LogP contribution in [0, 0.1) is 0 Å². The second-order valence-electron chi connectivity index (χ2n) is 3.90. The van der Waals surface area contributed by atoms with Crippen LogP contribution in [0.3, 0.4) is 0 Å². The summed E-state index contributed by atoms with van der Waals surface area (Å²) in [5.41, 5.74) is -0.788. The van der Waals surface area contributed by atoms with Crippen molar-refractivity contribution in [3.63, 3.8) is 0 Å². The SMILES string of the molecule is CCCC(C)Nc1cc(C(F)(F)F)cc(Cl)n1. The summed E-state index contributed by atoms with van der Waals surface area (Å²) in [6, 6.07) is 1.85. The zero-order chi connectivity index (χ0) is 13.1. The number of pyridine rings is 1. The number of nitrogens with one attached hydrogen (secondary N) is 1. The molecule has 0 spiro atoms. The maximum atomic E-state index is 12.5. The molecule has 0 aliphatic rings. The van der Waals surface area contributed by atoms with E-state index in [1.165, 1.54) is 0 Å². The van der Waals surface area contributed by atoms with Crippen molar-refractivity contribution in [2.24, 2.45) is 0 Å². The summed E-state index contributed by atoms with van der Waals surface area (Å²) >= 11 is 5.57. The third kappa shape index (κ3) is 4.42. The first-order valence-electron chi connectivity index (χ1n) is 5.34. The van der Waals surface area contributed by atoms with Gasteiger partial charge in [-0.05, 0) is 25.5 Å². The molecule has 0 aliphatic carbocycles. The highest BCUT2D eigenvalue weighted by Gasteiger charge is 2.31. The summed E-state index contributed by atoms with van der Waals surface area (Å²) in [6.07, 6.45) is -2.60. The number of alkyl halides is 3. The Morgan fingerprint density at radius 1 is 1.41 bits per heavy atom. The largest absolute Gasteiger partial charge is 0.416 e. The fourth-order valence-corrected chi connectivity index (χ4v) is 1.70. The summed E-state index contributed by atoms with van der Waals surface area (Å²) in [7, 11) is 0. The van der Waals surface area contributed by atoms with Crippen molar-refractivity contribution in [3.8, 4) is 0 Å². The molecule has 6 heteroatoms. The summed E-state index contributed by atoms with van der Waals surface area (Å²) in [6.45, 7) is 3.89. The van der Waals surface area contributed by atoms with E-state index in [0.717, 1.165) is 25.0 Å². The van der Waals surface area contributed by atoms with Crippen molar-refractivity contribution < 1.29 is 13.2 Å². The van der Waals surface area contributed by atoms with Gasteiger partial charge in [-0.25, -0.2) is 4.98 Å². The smallest absolute Gasteiger partial charge is 0.368 e. The van der Waals surface area contributed by atoms with E-state index in [2.05, 4.69) is 10.3 Å². The van der Waals surface area contributed by atoms with Crippen LogP contribution in [0.15, 0.2) is 12.1 Å². The molecule has 1 heterocycles. The number of aromatic nitrogens is 1. The van der Waals surface area contributed by atoms with Crippen LogP contribution in [0.2, 0.25) is 5.15 Å². The molecule has 1 aromatic heterocycles. The topological polar surface area (TPSA) is 24.9 Å². The van der Waals surface area contributed by atoms with Gasteiger partial charge < -0.3 is 5.32 Å². The monoisotopic (exact) mass is 266 g/mol. The molecule has 96 valence electrons. The Balaban J connectivity index is 2.90. The fraction of sp³-hybridized carbons (Fsp3) is 0.545. The van der Waals surface area contributed by atoms with Gasteiger partial charge in [0.15, 0.2) is 0 Å². The van der Waals surface area contributed by atoms with E-state index in [1.54, 1.807) is 0 Å². The van der Waals surface area contributed by atoms with Crippen LogP contribution in [0.4, 0.5) is 19.0 Å². The van der Waals surface area contributed by atoms with Crippen LogP contribution in [-0.4, -0.2) is 11.0 Å². The van der Waals surface area contributed by atoms with Crippen LogP contribution in [0.5, 0.6) is 0 Å². The molecule has 0 amide bonds. The highest BCUT2D eigenvalue weighted by Crippen LogP contribution is 2.32. The van der Waals surface area contributed by atoms with Gasteiger partial charge in [-0.2, -0.15) is 13.2 Å². The number of rotatable bonds is 4. The lowest BCUT2D eigenvalue weighted by molar-refractivity contribution is -0.137. The minimum atomic E-state index is -4.41. The van der Waals surface area contributed by atoms with Crippen molar-refractivity contribution in [2.45, 2.75) is 38.9 Å². The fourth-order valence-electron chi connectivity index (χ4n) is 1.49. The summed E-state index contributed by atoms with van der Waals surface area (Å²) in [4.78, 5) is 3.82. The molecule has 0 saturated heterocycles. The third-order valence-electron chi connectivity index (χ3n) is 2.24. The average Bonchev–Trinajstić information content (AvgIpc) is 2.15. The Labute approximate surface area is 103 Å². The Bertz CT molecular complexity index is 379. The summed E-state index contributed by atoms with van der Waals surface area (Å²) in [5, 5.41) is 2.74. The van der Waals surface area contributed by atoms with Crippen molar-refractivity contribution in [2.75, 3.05) is 5.32 Å². The minimum absolute atomic E-state index is 0.0621. The highest BCUT2D eigenvalue weighted by atomic mass is 35.5. The average molecular weight is 267 g/mol. The van der Waals surface area contributed by atoms with Crippen molar-refractivity contribution >= 4 is 17.4 Å². The van der Waals surface area contributed by atoms with E-state index in [-0.39, 0.29) is 17.0 Å². The molecular formula is C11H14ClF3N2. The molecule has 1 aromatic rings. The molecule has 1 N–H and O–H groups in total. The van der Waals surface area contributed by atoms with Gasteiger partial charge in [-0.1, -0.05) is 24.9 Å². The molecule has 1 rings (SSSR count). The lowest BCUT2D eigenvalue weighted by Crippen LogP contribution is -2.16. The maximum Gasteiger partial charge on any atom is 0.416 e. The standard InChI is InChI=1S/C11H14ClF3N2/c1-3-4-7(2)16-10-6-8(11(13,14)15)5-9(12)17-10/h5-7H,3-4H2,1-2H3,(H,16,17). The van der Waals surface area contributed by atoms with Crippen molar-refractivity contribution in [3.05, 3.63) is 22.8 Å². The lowest BCUT2D eigenvalue weighted by Gasteiger charge is -2.15. The van der Waals surface area contributed by atoms with E-state index >= 15 is 0 Å². The summed E-state index contributed by atoms with van der Waals surface area (Å²) in [5.74, 6) is 0.158. The van der Waals surface area contributed by atoms with Crippen LogP contribution in [0.1, 0.15) is 32.3 Å². The number of hydrogen-bond acceptors (Lipinski definition) is 2. The number of anilines is 1. The van der Waals surface area contributed by atoms with Gasteiger partial charge in [-0.3, -0.25) is 0 Å². The normalized spacial score (nSPS) is 13.5. The number of nitrogens with zero attached hydrogens (tertiary/aromatic N) is 1. The van der Waals surface area contributed by atoms with Gasteiger partial charge in [0.05, 0.1) is 5.56 Å². The minimum Gasteiger partial charge on any atom is -0.368 e. The van der Waals surface area contributed by atoms with Gasteiger partial charge in [-0.15, -0.1) is 0 Å². The van der Waals surface area contributed by atoms with E-state index < -0.39 is 11.7 Å². The first kappa shape index (κ1) is 14.1. The highest BCUT2D eigenvalue weighted by molar-refractivity contribution is 6.29. The molecule has 0 aromatic carbocycles. The maximum absolute atomic E-state index is 12.5. The number of halogens is 4. The Morgan fingerprint density at radius 2 is 2.06 bits per heavy atom. The lowest BCUT2D eigenvalue weighted by atomic mass is 10.2. The van der Waals surface area contributed by atoms with Crippen LogP contribution < -0.4 is 5.32 Å². The van der Waals surface area contributed by atoms with E-state index in [4.69, 9.17) is 11.6 Å². The molecule has 0 saturated carbocycles. The van der Waals surface area contributed by atoms with Crippen LogP contribution in [0.25, 0.3) is 0 Å². The first-order valence-corrected chi connectivity index (χ1v) is 5.72. The quantitative estimate of drug-likeness (QED) is 0.820. The Hall–Kier alpha value is -0.970. The van der Waals surface area contributed by atoms with E-state index in [9.17, 15) is 13.2 Å². The second-order valence-corrected chi connectivity index (χ2v) is 4.28. The number of hydrogen-bond donors (Lipinski definition) is 1. The molecule has 17 heavy (non-hydrogen) atoms. The molecule has 1 unspecified atom stereocenters. The van der Waals surface area contributed by atoms with Gasteiger partial charge in [0.1, 0.15) is 11.0 Å².